The number of piperidine rings is 1. The molecule has 0 spiro atoms. The van der Waals surface area contributed by atoms with E-state index in [0.29, 0.717) is 24.6 Å². The Morgan fingerprint density at radius 1 is 1.53 bits per heavy atom. The highest BCUT2D eigenvalue weighted by Gasteiger charge is 2.42. The van der Waals surface area contributed by atoms with Crippen LogP contribution < -0.4 is 5.32 Å². The second kappa shape index (κ2) is 5.01. The largest absolute Gasteiger partial charge is 0.393 e. The molecule has 0 aromatic heterocycles. The molecule has 1 aliphatic rings. The minimum atomic E-state index is -4.10. The maximum Gasteiger partial charge on any atom is 0.393 e. The molecule has 0 aliphatic carbocycles. The van der Waals surface area contributed by atoms with Crippen LogP contribution in [0.15, 0.2) is 0 Å². The van der Waals surface area contributed by atoms with Gasteiger partial charge in [-0.25, -0.2) is 0 Å². The third-order valence-corrected chi connectivity index (χ3v) is 2.90. The molecule has 1 aliphatic heterocycles. The zero-order valence-corrected chi connectivity index (χ0v) is 9.42. The van der Waals surface area contributed by atoms with Crippen LogP contribution in [0.3, 0.4) is 0 Å². The van der Waals surface area contributed by atoms with Crippen molar-refractivity contribution in [2.75, 3.05) is 19.6 Å². The van der Waals surface area contributed by atoms with Crippen LogP contribution in [0.4, 0.5) is 13.2 Å². The molecule has 1 unspecified atom stereocenters. The fraction of sp³-hybridized carbons (Fsp3) is 0.889. The molecule has 6 heteroatoms. The highest BCUT2D eigenvalue weighted by Crippen LogP contribution is 2.32. The summed E-state index contributed by atoms with van der Waals surface area (Å²) in [5.74, 6) is -1.23. The monoisotopic (exact) mass is 240 g/mol. The van der Waals surface area contributed by atoms with Crippen molar-refractivity contribution >= 4 is 17.3 Å². The molecule has 2 nitrogen and oxygen atoms in total. The van der Waals surface area contributed by atoms with Gasteiger partial charge in [-0.1, -0.05) is 0 Å². The van der Waals surface area contributed by atoms with Crippen LogP contribution in [0.25, 0.3) is 0 Å². The standard InChI is InChI=1S/C9H15F3N2S/c1-2-13-8(15)14-5-3-4-7(6-14)9(10,11)12/h7H,2-6H2,1H3,(H,13,15). The molecule has 0 aromatic rings. The van der Waals surface area contributed by atoms with Gasteiger partial charge in [0.25, 0.3) is 0 Å². The summed E-state index contributed by atoms with van der Waals surface area (Å²) < 4.78 is 37.4. The van der Waals surface area contributed by atoms with E-state index in [2.05, 4.69) is 5.32 Å². The average molecular weight is 240 g/mol. The molecule has 1 atom stereocenters. The second-order valence-corrected chi connectivity index (χ2v) is 4.05. The Labute approximate surface area is 92.8 Å². The fourth-order valence-corrected chi connectivity index (χ4v) is 2.00. The lowest BCUT2D eigenvalue weighted by Crippen LogP contribution is -2.48. The van der Waals surface area contributed by atoms with Gasteiger partial charge in [0, 0.05) is 19.6 Å². The number of alkyl halides is 3. The SMILES string of the molecule is CCNC(=S)N1CCCC(C(F)(F)F)C1. The first-order valence-electron chi connectivity index (χ1n) is 5.04. The molecule has 0 radical (unpaired) electrons. The predicted molar refractivity (Wildman–Crippen MR) is 56.6 cm³/mol. The van der Waals surface area contributed by atoms with E-state index >= 15 is 0 Å². The van der Waals surface area contributed by atoms with E-state index in [4.69, 9.17) is 12.2 Å². The summed E-state index contributed by atoms with van der Waals surface area (Å²) in [7, 11) is 0. The van der Waals surface area contributed by atoms with E-state index in [1.54, 1.807) is 4.90 Å². The van der Waals surface area contributed by atoms with Crippen molar-refractivity contribution < 1.29 is 13.2 Å². The van der Waals surface area contributed by atoms with Gasteiger partial charge in [0.15, 0.2) is 5.11 Å². The first-order valence-corrected chi connectivity index (χ1v) is 5.45. The van der Waals surface area contributed by atoms with E-state index in [1.165, 1.54) is 0 Å². The molecule has 1 saturated heterocycles. The number of halogens is 3. The Morgan fingerprint density at radius 2 is 2.20 bits per heavy atom. The number of nitrogens with zero attached hydrogens (tertiary/aromatic N) is 1. The Morgan fingerprint density at radius 3 is 2.73 bits per heavy atom. The Balaban J connectivity index is 2.52. The van der Waals surface area contributed by atoms with Gasteiger partial charge in [-0.15, -0.1) is 0 Å². The molecule has 0 saturated carbocycles. The maximum absolute atomic E-state index is 12.5. The molecule has 88 valence electrons. The van der Waals surface area contributed by atoms with Crippen molar-refractivity contribution in [3.05, 3.63) is 0 Å². The van der Waals surface area contributed by atoms with Crippen molar-refractivity contribution in [1.82, 2.24) is 10.2 Å². The number of rotatable bonds is 1. The molecule has 0 bridgehead atoms. The summed E-state index contributed by atoms with van der Waals surface area (Å²) in [4.78, 5) is 1.61. The summed E-state index contributed by atoms with van der Waals surface area (Å²) >= 11 is 5.00. The molecule has 0 aromatic carbocycles. The molecular weight excluding hydrogens is 225 g/mol. The molecule has 1 fully saturated rings. The first-order chi connectivity index (χ1) is 6.95. The van der Waals surface area contributed by atoms with Gasteiger partial charge in [-0.3, -0.25) is 0 Å². The average Bonchev–Trinajstić information content (AvgIpc) is 2.17. The Bertz CT molecular complexity index is 230. The van der Waals surface area contributed by atoms with Crippen LogP contribution in [0.2, 0.25) is 0 Å². The lowest BCUT2D eigenvalue weighted by atomic mass is 9.98. The van der Waals surface area contributed by atoms with E-state index in [9.17, 15) is 13.2 Å². The van der Waals surface area contributed by atoms with Gasteiger partial charge in [0.05, 0.1) is 5.92 Å². The Kier molecular flexibility index (Phi) is 4.19. The van der Waals surface area contributed by atoms with Crippen molar-refractivity contribution in [1.29, 1.82) is 0 Å². The van der Waals surface area contributed by atoms with E-state index < -0.39 is 12.1 Å². The zero-order valence-electron chi connectivity index (χ0n) is 8.60. The van der Waals surface area contributed by atoms with E-state index in [-0.39, 0.29) is 13.0 Å². The van der Waals surface area contributed by atoms with Crippen LogP contribution in [0.5, 0.6) is 0 Å². The summed E-state index contributed by atoms with van der Waals surface area (Å²) in [5, 5.41) is 3.31. The minimum Gasteiger partial charge on any atom is -0.363 e. The summed E-state index contributed by atoms with van der Waals surface area (Å²) in [5.41, 5.74) is 0. The second-order valence-electron chi connectivity index (χ2n) is 3.66. The highest BCUT2D eigenvalue weighted by molar-refractivity contribution is 7.80. The third kappa shape index (κ3) is 3.52. The van der Waals surface area contributed by atoms with Crippen LogP contribution in [0.1, 0.15) is 19.8 Å². The van der Waals surface area contributed by atoms with Crippen LogP contribution in [0, 0.1) is 5.92 Å². The van der Waals surface area contributed by atoms with E-state index in [0.717, 1.165) is 0 Å². The highest BCUT2D eigenvalue weighted by atomic mass is 32.1. The van der Waals surface area contributed by atoms with Gasteiger partial charge in [0.2, 0.25) is 0 Å². The summed E-state index contributed by atoms with van der Waals surface area (Å²) in [6.07, 6.45) is -3.33. The van der Waals surface area contributed by atoms with Crippen LogP contribution >= 0.6 is 12.2 Å². The minimum absolute atomic E-state index is 0.00463. The quantitative estimate of drug-likeness (QED) is 0.707. The van der Waals surface area contributed by atoms with Crippen molar-refractivity contribution in [3.8, 4) is 0 Å². The number of hydrogen-bond donors (Lipinski definition) is 1. The van der Waals surface area contributed by atoms with Gasteiger partial charge < -0.3 is 10.2 Å². The van der Waals surface area contributed by atoms with Crippen LogP contribution in [-0.4, -0.2) is 35.8 Å². The number of nitrogens with one attached hydrogen (secondary N) is 1. The predicted octanol–water partition coefficient (Wildman–Crippen LogP) is 2.16. The Hall–Kier alpha value is -0.520. The molecule has 0 amide bonds. The van der Waals surface area contributed by atoms with Crippen molar-refractivity contribution in [2.45, 2.75) is 25.9 Å². The lowest BCUT2D eigenvalue weighted by Gasteiger charge is -2.35. The normalized spacial score (nSPS) is 22.7. The van der Waals surface area contributed by atoms with Gasteiger partial charge in [0.1, 0.15) is 0 Å². The molecule has 1 rings (SSSR count). The molecule has 15 heavy (non-hydrogen) atoms. The van der Waals surface area contributed by atoms with Gasteiger partial charge in [-0.05, 0) is 32.0 Å². The maximum atomic E-state index is 12.5. The van der Waals surface area contributed by atoms with Gasteiger partial charge >= 0.3 is 6.18 Å². The lowest BCUT2D eigenvalue weighted by molar-refractivity contribution is -0.183. The zero-order chi connectivity index (χ0) is 11.5. The number of likely N-dealkylation sites (tertiary alicyclic amines) is 1. The summed E-state index contributed by atoms with van der Waals surface area (Å²) in [6, 6.07) is 0. The number of hydrogen-bond acceptors (Lipinski definition) is 1. The smallest absolute Gasteiger partial charge is 0.363 e. The van der Waals surface area contributed by atoms with Crippen molar-refractivity contribution in [2.24, 2.45) is 5.92 Å². The van der Waals surface area contributed by atoms with Crippen molar-refractivity contribution in [3.63, 3.8) is 0 Å². The fourth-order valence-electron chi connectivity index (χ4n) is 1.69. The topological polar surface area (TPSA) is 15.3 Å². The van der Waals surface area contributed by atoms with E-state index in [1.807, 2.05) is 6.92 Å². The number of thiocarbonyl (C=S) groups is 1. The molecular formula is C9H15F3N2S. The van der Waals surface area contributed by atoms with Crippen LogP contribution in [-0.2, 0) is 0 Å². The third-order valence-electron chi connectivity index (χ3n) is 2.50. The summed E-state index contributed by atoms with van der Waals surface area (Å²) in [6.45, 7) is 3.14. The molecule has 1 heterocycles. The molecule has 1 N–H and O–H groups in total. The first kappa shape index (κ1) is 12.5. The van der Waals surface area contributed by atoms with Gasteiger partial charge in [-0.2, -0.15) is 13.2 Å².